The Morgan fingerprint density at radius 2 is 2.10 bits per heavy atom. The third kappa shape index (κ3) is 5.48. The van der Waals surface area contributed by atoms with Gasteiger partial charge in [-0.15, -0.1) is 0 Å². The molecule has 0 saturated carbocycles. The fraction of sp³-hybridized carbons (Fsp3) is 0.429. The van der Waals surface area contributed by atoms with Gasteiger partial charge in [0.15, 0.2) is 11.1 Å². The monoisotopic (exact) mass is 313 g/mol. The van der Waals surface area contributed by atoms with Crippen molar-refractivity contribution in [2.75, 3.05) is 12.3 Å². The van der Waals surface area contributed by atoms with Gasteiger partial charge in [0.1, 0.15) is 5.75 Å². The minimum absolute atomic E-state index is 0.158. The van der Waals surface area contributed by atoms with E-state index in [9.17, 15) is 9.00 Å². The van der Waals surface area contributed by atoms with Crippen molar-refractivity contribution < 1.29 is 13.6 Å². The van der Waals surface area contributed by atoms with Crippen LogP contribution in [0.2, 0.25) is 0 Å². The number of nitrogens with one attached hydrogen (secondary N) is 1. The first-order valence-electron chi connectivity index (χ1n) is 6.35. The Morgan fingerprint density at radius 1 is 1.45 bits per heavy atom. The van der Waals surface area contributed by atoms with Crippen molar-refractivity contribution in [1.29, 1.82) is 0 Å². The number of thiocarbonyl (C=S) groups is 1. The van der Waals surface area contributed by atoms with E-state index >= 15 is 0 Å². The van der Waals surface area contributed by atoms with E-state index in [0.29, 0.717) is 13.0 Å². The Kier molecular flexibility index (Phi) is 6.98. The van der Waals surface area contributed by atoms with Gasteiger partial charge in [-0.05, 0) is 30.4 Å². The summed E-state index contributed by atoms with van der Waals surface area (Å²) >= 11 is 3.39. The molecule has 2 atom stereocenters. The molecule has 2 unspecified atom stereocenters. The van der Waals surface area contributed by atoms with Crippen molar-refractivity contribution in [3.05, 3.63) is 35.4 Å². The molecule has 0 spiro atoms. The van der Waals surface area contributed by atoms with Crippen LogP contribution in [0.3, 0.4) is 0 Å². The zero-order valence-corrected chi connectivity index (χ0v) is 13.2. The molecule has 1 aromatic carbocycles. The van der Waals surface area contributed by atoms with Gasteiger partial charge in [-0.1, -0.05) is 43.4 Å². The van der Waals surface area contributed by atoms with Gasteiger partial charge >= 0.3 is 0 Å². The Hall–Kier alpha value is -1.11. The standard InChI is InChI=1S/C14H19NO3S2/c1-10-5-3-4-6-12(10)14(19)11(2)7-8-15-13(16)9-20(17)18/h3-6,11H,7-9H2,1-2H3,(H,15,16)(H,17,18). The van der Waals surface area contributed by atoms with E-state index in [2.05, 4.69) is 5.32 Å². The molecular weight excluding hydrogens is 294 g/mol. The van der Waals surface area contributed by atoms with Gasteiger partial charge < -0.3 is 9.87 Å². The number of aryl methyl sites for hydroxylation is 1. The van der Waals surface area contributed by atoms with Crippen LogP contribution in [0, 0.1) is 12.8 Å². The van der Waals surface area contributed by atoms with Crippen LogP contribution in [0.15, 0.2) is 24.3 Å². The molecule has 1 amide bonds. The average molecular weight is 313 g/mol. The number of hydrogen-bond acceptors (Lipinski definition) is 3. The Morgan fingerprint density at radius 3 is 2.70 bits per heavy atom. The molecule has 0 radical (unpaired) electrons. The quantitative estimate of drug-likeness (QED) is 0.459. The lowest BCUT2D eigenvalue weighted by Crippen LogP contribution is -2.30. The largest absolute Gasteiger partial charge is 0.355 e. The van der Waals surface area contributed by atoms with E-state index in [1.54, 1.807) is 0 Å². The molecule has 6 heteroatoms. The smallest absolute Gasteiger partial charge is 0.235 e. The first-order valence-corrected chi connectivity index (χ1v) is 8.04. The van der Waals surface area contributed by atoms with Gasteiger partial charge in [0.05, 0.1) is 0 Å². The van der Waals surface area contributed by atoms with Crippen LogP contribution in [-0.2, 0) is 15.9 Å². The molecule has 0 aliphatic heterocycles. The van der Waals surface area contributed by atoms with Crippen molar-refractivity contribution in [3.8, 4) is 0 Å². The lowest BCUT2D eigenvalue weighted by atomic mass is 9.95. The molecule has 1 rings (SSSR count). The fourth-order valence-electron chi connectivity index (χ4n) is 1.84. The van der Waals surface area contributed by atoms with Gasteiger partial charge in [0, 0.05) is 11.4 Å². The first-order chi connectivity index (χ1) is 9.41. The lowest BCUT2D eigenvalue weighted by molar-refractivity contribution is -0.118. The van der Waals surface area contributed by atoms with Crippen LogP contribution in [-0.4, -0.2) is 31.8 Å². The summed E-state index contributed by atoms with van der Waals surface area (Å²) in [5, 5.41) is 2.61. The van der Waals surface area contributed by atoms with E-state index in [4.69, 9.17) is 16.8 Å². The SMILES string of the molecule is Cc1ccccc1C(=S)C(C)CCNC(=O)CS(=O)O. The van der Waals surface area contributed by atoms with Crippen molar-refractivity contribution in [3.63, 3.8) is 0 Å². The second kappa shape index (κ2) is 8.24. The predicted octanol–water partition coefficient (Wildman–Crippen LogP) is 2.08. The van der Waals surface area contributed by atoms with E-state index in [1.165, 1.54) is 0 Å². The maximum Gasteiger partial charge on any atom is 0.235 e. The molecule has 110 valence electrons. The van der Waals surface area contributed by atoms with Gasteiger partial charge in [0.2, 0.25) is 5.91 Å². The van der Waals surface area contributed by atoms with Crippen LogP contribution in [0.25, 0.3) is 0 Å². The summed E-state index contributed by atoms with van der Waals surface area (Å²) in [4.78, 5) is 12.1. The highest BCUT2D eigenvalue weighted by Gasteiger charge is 2.13. The second-order valence-corrected chi connectivity index (χ2v) is 6.06. The minimum atomic E-state index is -2.09. The molecule has 2 N–H and O–H groups in total. The third-order valence-corrected chi connectivity index (χ3v) is 4.14. The lowest BCUT2D eigenvalue weighted by Gasteiger charge is -2.15. The first kappa shape index (κ1) is 16.9. The summed E-state index contributed by atoms with van der Waals surface area (Å²) in [5.74, 6) is -0.637. The normalized spacial score (nSPS) is 13.6. The minimum Gasteiger partial charge on any atom is -0.355 e. The van der Waals surface area contributed by atoms with Crippen LogP contribution < -0.4 is 5.32 Å². The number of carbonyl (C=O) groups excluding carboxylic acids is 1. The maximum absolute atomic E-state index is 11.2. The molecule has 0 bridgehead atoms. The van der Waals surface area contributed by atoms with Crippen LogP contribution in [0.5, 0.6) is 0 Å². The number of hydrogen-bond donors (Lipinski definition) is 2. The molecule has 0 fully saturated rings. The van der Waals surface area contributed by atoms with Gasteiger partial charge in [-0.2, -0.15) is 0 Å². The number of benzene rings is 1. The molecule has 0 aliphatic rings. The summed E-state index contributed by atoms with van der Waals surface area (Å²) in [6.45, 7) is 4.49. The molecule has 0 aromatic heterocycles. The number of amides is 1. The van der Waals surface area contributed by atoms with Gasteiger partial charge in [-0.25, -0.2) is 4.21 Å². The summed E-state index contributed by atoms with van der Waals surface area (Å²) in [5.41, 5.74) is 2.21. The molecule has 20 heavy (non-hydrogen) atoms. The highest BCUT2D eigenvalue weighted by molar-refractivity contribution is 7.81. The average Bonchev–Trinajstić information content (AvgIpc) is 2.37. The molecule has 0 saturated heterocycles. The Labute approximate surface area is 127 Å². The molecule has 0 heterocycles. The molecule has 1 aromatic rings. The van der Waals surface area contributed by atoms with E-state index in [1.807, 2.05) is 38.1 Å². The molecule has 4 nitrogen and oxygen atoms in total. The zero-order valence-electron chi connectivity index (χ0n) is 11.6. The zero-order chi connectivity index (χ0) is 15.1. The molecule has 0 aliphatic carbocycles. The van der Waals surface area contributed by atoms with E-state index < -0.39 is 17.0 Å². The number of carbonyl (C=O) groups is 1. The maximum atomic E-state index is 11.2. The van der Waals surface area contributed by atoms with E-state index in [0.717, 1.165) is 16.0 Å². The Bertz CT molecular complexity index is 517. The number of rotatable bonds is 7. The summed E-state index contributed by atoms with van der Waals surface area (Å²) in [7, 11) is 0. The van der Waals surface area contributed by atoms with E-state index in [-0.39, 0.29) is 11.7 Å². The second-order valence-electron chi connectivity index (χ2n) is 4.68. The van der Waals surface area contributed by atoms with Crippen molar-refractivity contribution in [2.24, 2.45) is 5.92 Å². The van der Waals surface area contributed by atoms with Crippen molar-refractivity contribution in [1.82, 2.24) is 5.32 Å². The van der Waals surface area contributed by atoms with Crippen LogP contribution in [0.1, 0.15) is 24.5 Å². The topological polar surface area (TPSA) is 66.4 Å². The van der Waals surface area contributed by atoms with Crippen molar-refractivity contribution >= 4 is 34.1 Å². The highest BCUT2D eigenvalue weighted by atomic mass is 32.2. The highest BCUT2D eigenvalue weighted by Crippen LogP contribution is 2.16. The summed E-state index contributed by atoms with van der Waals surface area (Å²) in [6.07, 6.45) is 0.705. The summed E-state index contributed by atoms with van der Waals surface area (Å²) in [6, 6.07) is 7.95. The van der Waals surface area contributed by atoms with Crippen LogP contribution >= 0.6 is 12.2 Å². The fourth-order valence-corrected chi connectivity index (χ4v) is 2.51. The Balaban J connectivity index is 2.45. The predicted molar refractivity (Wildman–Crippen MR) is 85.3 cm³/mol. The van der Waals surface area contributed by atoms with Gasteiger partial charge in [-0.3, -0.25) is 4.79 Å². The van der Waals surface area contributed by atoms with Crippen LogP contribution in [0.4, 0.5) is 0 Å². The third-order valence-electron chi connectivity index (χ3n) is 3.01. The van der Waals surface area contributed by atoms with Crippen molar-refractivity contribution in [2.45, 2.75) is 20.3 Å². The van der Waals surface area contributed by atoms with Gasteiger partial charge in [0.25, 0.3) is 0 Å². The summed E-state index contributed by atoms with van der Waals surface area (Å²) < 4.78 is 19.1. The molecular formula is C14H19NO3S2.